The van der Waals surface area contributed by atoms with Crippen molar-refractivity contribution in [1.82, 2.24) is 10.9 Å². The number of ether oxygens (including phenoxy) is 2. The fourth-order valence-corrected chi connectivity index (χ4v) is 1.05. The third kappa shape index (κ3) is 1.85. The predicted octanol–water partition coefficient (Wildman–Crippen LogP) is -1.04. The second-order valence-corrected chi connectivity index (χ2v) is 2.80. The summed E-state index contributed by atoms with van der Waals surface area (Å²) in [5.41, 5.74) is 6.72. The summed E-state index contributed by atoms with van der Waals surface area (Å²) in [7, 11) is 0. The zero-order valence-electron chi connectivity index (χ0n) is 7.20. The quantitative estimate of drug-likeness (QED) is 0.443. The fraction of sp³-hybridized carbons (Fsp3) is 0.250. The van der Waals surface area contributed by atoms with Gasteiger partial charge < -0.3 is 20.3 Å². The Hall–Kier alpha value is -1.98. The van der Waals surface area contributed by atoms with E-state index in [0.717, 1.165) is 0 Å². The van der Waals surface area contributed by atoms with Gasteiger partial charge in [0.2, 0.25) is 0 Å². The van der Waals surface area contributed by atoms with Crippen LogP contribution in [0.25, 0.3) is 0 Å². The van der Waals surface area contributed by atoms with Gasteiger partial charge in [0.25, 0.3) is 0 Å². The number of nitrogens with one attached hydrogen (secondary N) is 2. The van der Waals surface area contributed by atoms with E-state index in [1.54, 1.807) is 0 Å². The maximum atomic E-state index is 10.6. The molecule has 6 heteroatoms. The first-order valence-corrected chi connectivity index (χ1v) is 4.01. The molecule has 0 spiro atoms. The Morgan fingerprint density at radius 1 is 0.929 bits per heavy atom. The van der Waals surface area contributed by atoms with Crippen molar-refractivity contribution in [1.29, 1.82) is 0 Å². The lowest BCUT2D eigenvalue weighted by molar-refractivity contribution is -0.135. The van der Waals surface area contributed by atoms with Gasteiger partial charge in [0.1, 0.15) is 13.2 Å². The van der Waals surface area contributed by atoms with Crippen LogP contribution >= 0.6 is 0 Å². The van der Waals surface area contributed by atoms with Crippen molar-refractivity contribution in [3.63, 3.8) is 0 Å². The molecule has 74 valence electrons. The molecule has 2 aliphatic heterocycles. The highest BCUT2D eigenvalue weighted by molar-refractivity contribution is 5.85. The number of rotatable bonds is 3. The number of cyclic esters (lactones) is 2. The second kappa shape index (κ2) is 3.41. The third-order valence-corrected chi connectivity index (χ3v) is 1.71. The van der Waals surface area contributed by atoms with Gasteiger partial charge in [-0.3, -0.25) is 0 Å². The van der Waals surface area contributed by atoms with Gasteiger partial charge in [0.15, 0.2) is 0 Å². The highest BCUT2D eigenvalue weighted by Crippen LogP contribution is 2.03. The summed E-state index contributed by atoms with van der Waals surface area (Å²) in [4.78, 5) is 21.3. The molecule has 0 saturated heterocycles. The molecule has 0 fully saturated rings. The first-order chi connectivity index (χ1) is 6.74. The molecule has 0 aliphatic carbocycles. The molecule has 0 bridgehead atoms. The number of carbonyl (C=O) groups is 2. The average molecular weight is 196 g/mol. The van der Waals surface area contributed by atoms with E-state index in [1.807, 2.05) is 0 Å². The molecular formula is C8H8N2O4. The molecule has 2 N–H and O–H groups in total. The van der Waals surface area contributed by atoms with E-state index in [0.29, 0.717) is 11.4 Å². The van der Waals surface area contributed by atoms with Crippen molar-refractivity contribution in [3.8, 4) is 0 Å². The van der Waals surface area contributed by atoms with Crippen molar-refractivity contribution in [2.45, 2.75) is 0 Å². The van der Waals surface area contributed by atoms with Gasteiger partial charge in [0, 0.05) is 12.2 Å². The molecule has 2 heterocycles. The number of hydrogen-bond acceptors (Lipinski definition) is 6. The third-order valence-electron chi connectivity index (χ3n) is 1.71. The molecule has 0 aromatic rings. The first-order valence-electron chi connectivity index (χ1n) is 4.01. The molecule has 0 atom stereocenters. The zero-order chi connectivity index (χ0) is 9.97. The topological polar surface area (TPSA) is 76.7 Å². The summed E-state index contributed by atoms with van der Waals surface area (Å²) < 4.78 is 9.30. The molecule has 0 aromatic heterocycles. The Morgan fingerprint density at radius 3 is 1.64 bits per heavy atom. The Bertz CT molecular complexity index is 311. The van der Waals surface area contributed by atoms with Gasteiger partial charge in [-0.25, -0.2) is 9.59 Å². The summed E-state index contributed by atoms with van der Waals surface area (Å²) in [6.45, 7) is 0.432. The molecule has 14 heavy (non-hydrogen) atoms. The van der Waals surface area contributed by atoms with Crippen LogP contribution in [0, 0.1) is 0 Å². The molecule has 2 aliphatic rings. The largest absolute Gasteiger partial charge is 0.456 e. The lowest BCUT2D eigenvalue weighted by Crippen LogP contribution is -2.31. The van der Waals surface area contributed by atoms with Crippen LogP contribution in [0.15, 0.2) is 23.5 Å². The lowest BCUT2D eigenvalue weighted by Gasteiger charge is -2.08. The minimum atomic E-state index is -0.373. The van der Waals surface area contributed by atoms with Gasteiger partial charge in [-0.1, -0.05) is 0 Å². The van der Waals surface area contributed by atoms with Crippen molar-refractivity contribution >= 4 is 11.9 Å². The van der Waals surface area contributed by atoms with Crippen molar-refractivity contribution in [2.24, 2.45) is 0 Å². The highest BCUT2D eigenvalue weighted by atomic mass is 16.5. The SMILES string of the molecule is O=C1C=C(NNC2=CC(=O)OC2)CO1. The van der Waals surface area contributed by atoms with Crippen LogP contribution < -0.4 is 10.9 Å². The number of esters is 2. The van der Waals surface area contributed by atoms with Gasteiger partial charge in [-0.2, -0.15) is 0 Å². The molecule has 0 amide bonds. The maximum Gasteiger partial charge on any atom is 0.333 e. The van der Waals surface area contributed by atoms with Crippen LogP contribution in [0.1, 0.15) is 0 Å². The summed E-state index contributed by atoms with van der Waals surface area (Å²) >= 11 is 0. The van der Waals surface area contributed by atoms with Crippen LogP contribution in [0.3, 0.4) is 0 Å². The summed E-state index contributed by atoms with van der Waals surface area (Å²) in [5.74, 6) is -0.746. The normalized spacial score (nSPS) is 19.7. The van der Waals surface area contributed by atoms with Crippen molar-refractivity contribution in [2.75, 3.05) is 13.2 Å². The Labute approximate surface area is 79.5 Å². The van der Waals surface area contributed by atoms with Crippen molar-refractivity contribution < 1.29 is 19.1 Å². The summed E-state index contributed by atoms with van der Waals surface area (Å²) in [6, 6.07) is 0. The Balaban J connectivity index is 1.83. The van der Waals surface area contributed by atoms with Crippen LogP contribution in [0.2, 0.25) is 0 Å². The van der Waals surface area contributed by atoms with Crippen LogP contribution in [0.4, 0.5) is 0 Å². The Morgan fingerprint density at radius 2 is 1.36 bits per heavy atom. The monoisotopic (exact) mass is 196 g/mol. The van der Waals surface area contributed by atoms with E-state index in [4.69, 9.17) is 0 Å². The van der Waals surface area contributed by atoms with E-state index in [9.17, 15) is 9.59 Å². The fourth-order valence-electron chi connectivity index (χ4n) is 1.05. The molecule has 2 rings (SSSR count). The smallest absolute Gasteiger partial charge is 0.333 e. The van der Waals surface area contributed by atoms with Gasteiger partial charge in [-0.05, 0) is 0 Å². The summed E-state index contributed by atoms with van der Waals surface area (Å²) in [6.07, 6.45) is 2.68. The lowest BCUT2D eigenvalue weighted by atomic mass is 10.4. The van der Waals surface area contributed by atoms with Crippen LogP contribution in [0.5, 0.6) is 0 Å². The molecule has 6 nitrogen and oxygen atoms in total. The van der Waals surface area contributed by atoms with Gasteiger partial charge >= 0.3 is 11.9 Å². The van der Waals surface area contributed by atoms with E-state index in [-0.39, 0.29) is 25.2 Å². The minimum Gasteiger partial charge on any atom is -0.456 e. The predicted molar refractivity (Wildman–Crippen MR) is 44.4 cm³/mol. The zero-order valence-corrected chi connectivity index (χ0v) is 7.20. The van der Waals surface area contributed by atoms with Crippen molar-refractivity contribution in [3.05, 3.63) is 23.5 Å². The average Bonchev–Trinajstić information content (AvgIpc) is 2.72. The first kappa shape index (κ1) is 8.61. The molecular weight excluding hydrogens is 188 g/mol. The molecule has 0 aromatic carbocycles. The minimum absolute atomic E-state index is 0.216. The molecule has 0 radical (unpaired) electrons. The van der Waals surface area contributed by atoms with Crippen LogP contribution in [-0.2, 0) is 19.1 Å². The van der Waals surface area contributed by atoms with E-state index in [2.05, 4.69) is 20.3 Å². The number of hydrazine groups is 1. The van der Waals surface area contributed by atoms with E-state index < -0.39 is 0 Å². The Kier molecular flexibility index (Phi) is 2.10. The van der Waals surface area contributed by atoms with Gasteiger partial charge in [0.05, 0.1) is 11.4 Å². The summed E-state index contributed by atoms with van der Waals surface area (Å²) in [5, 5.41) is 0. The number of carbonyl (C=O) groups excluding carboxylic acids is 2. The van der Waals surface area contributed by atoms with E-state index >= 15 is 0 Å². The number of hydrogen-bond donors (Lipinski definition) is 2. The molecule has 0 saturated carbocycles. The van der Waals surface area contributed by atoms with Gasteiger partial charge in [-0.15, -0.1) is 0 Å². The van der Waals surface area contributed by atoms with E-state index in [1.165, 1.54) is 12.2 Å². The molecule has 0 unspecified atom stereocenters. The van der Waals surface area contributed by atoms with Crippen LogP contribution in [-0.4, -0.2) is 25.2 Å². The highest BCUT2D eigenvalue weighted by Gasteiger charge is 2.15. The maximum absolute atomic E-state index is 10.6. The second-order valence-electron chi connectivity index (χ2n) is 2.80. The standard InChI is InChI=1S/C8H8N2O4/c11-7-1-5(3-13-7)9-10-6-2-8(12)14-4-6/h1-2,9-10H,3-4H2.